The van der Waals surface area contributed by atoms with E-state index < -0.39 is 0 Å². The van der Waals surface area contributed by atoms with Crippen LogP contribution in [-0.2, 0) is 24.8 Å². The Balaban J connectivity index is 1.51. The van der Waals surface area contributed by atoms with Crippen molar-refractivity contribution in [3.05, 3.63) is 24.0 Å². The number of anilines is 1. The zero-order valence-corrected chi connectivity index (χ0v) is 14.9. The summed E-state index contributed by atoms with van der Waals surface area (Å²) in [6, 6.07) is -0.0726. The number of amides is 1. The van der Waals surface area contributed by atoms with Crippen LogP contribution in [0.4, 0.5) is 5.69 Å². The molecule has 1 saturated heterocycles. The van der Waals surface area contributed by atoms with Gasteiger partial charge >= 0.3 is 0 Å². The fraction of sp³-hybridized carbons (Fsp3) is 0.647. The highest BCUT2D eigenvalue weighted by molar-refractivity contribution is 5.97. The maximum atomic E-state index is 13.0. The van der Waals surface area contributed by atoms with Gasteiger partial charge in [-0.25, -0.2) is 9.67 Å². The molecule has 0 spiro atoms. The van der Waals surface area contributed by atoms with Crippen molar-refractivity contribution in [3.63, 3.8) is 0 Å². The summed E-state index contributed by atoms with van der Waals surface area (Å²) in [5.74, 6) is 2.00. The molecule has 2 aliphatic heterocycles. The summed E-state index contributed by atoms with van der Waals surface area (Å²) in [6.45, 7) is 3.74. The monoisotopic (exact) mass is 343 g/mol. The minimum absolute atomic E-state index is 0.101. The maximum absolute atomic E-state index is 13.0. The van der Waals surface area contributed by atoms with Crippen molar-refractivity contribution >= 4 is 11.6 Å². The van der Waals surface area contributed by atoms with E-state index in [2.05, 4.69) is 27.4 Å². The summed E-state index contributed by atoms with van der Waals surface area (Å²) in [6.07, 6.45) is 8.39. The van der Waals surface area contributed by atoms with Crippen molar-refractivity contribution in [1.29, 1.82) is 0 Å². The molecule has 0 unspecified atom stereocenters. The van der Waals surface area contributed by atoms with E-state index in [9.17, 15) is 4.79 Å². The largest absolute Gasteiger partial charge is 0.308 e. The number of nitrogens with one attached hydrogen (secondary N) is 1. The van der Waals surface area contributed by atoms with Crippen LogP contribution in [0.3, 0.4) is 0 Å². The first-order valence-corrected chi connectivity index (χ1v) is 9.15. The van der Waals surface area contributed by atoms with Crippen LogP contribution in [0.2, 0.25) is 0 Å². The Morgan fingerprint density at radius 1 is 1.24 bits per heavy atom. The van der Waals surface area contributed by atoms with Gasteiger partial charge in [-0.15, -0.1) is 0 Å². The molecule has 0 radical (unpaired) electrons. The SMILES string of the molecule is CCc1nc2n(n1)CCC[C@@H]2N[C@H]1CCCN(c2cnn(C)c2)C1=O. The quantitative estimate of drug-likeness (QED) is 0.902. The summed E-state index contributed by atoms with van der Waals surface area (Å²) in [5.41, 5.74) is 0.874. The molecule has 2 aromatic heterocycles. The third-order valence-electron chi connectivity index (χ3n) is 5.08. The molecule has 4 heterocycles. The minimum Gasteiger partial charge on any atom is -0.308 e. The van der Waals surface area contributed by atoms with E-state index in [-0.39, 0.29) is 18.0 Å². The van der Waals surface area contributed by atoms with Gasteiger partial charge in [0.1, 0.15) is 5.82 Å². The number of aryl methyl sites for hydroxylation is 3. The van der Waals surface area contributed by atoms with E-state index in [1.165, 1.54) is 0 Å². The standard InChI is InChI=1S/C17H25N7O/c1-3-15-20-16-13(6-5-9-24(16)21-15)19-14-7-4-8-23(17(14)25)12-10-18-22(2)11-12/h10-11,13-14,19H,3-9H2,1-2H3/t13-,14-/m0/s1. The number of aromatic nitrogens is 5. The molecule has 25 heavy (non-hydrogen) atoms. The van der Waals surface area contributed by atoms with Crippen molar-refractivity contribution in [3.8, 4) is 0 Å². The van der Waals surface area contributed by atoms with Gasteiger partial charge in [-0.05, 0) is 25.7 Å². The number of piperidine rings is 1. The average molecular weight is 343 g/mol. The second-order valence-electron chi connectivity index (χ2n) is 6.88. The Kier molecular flexibility index (Phi) is 4.29. The lowest BCUT2D eigenvalue weighted by Gasteiger charge is -2.34. The number of hydrogen-bond acceptors (Lipinski definition) is 5. The van der Waals surface area contributed by atoms with Crippen molar-refractivity contribution < 1.29 is 4.79 Å². The molecule has 2 atom stereocenters. The normalized spacial score (nSPS) is 23.8. The van der Waals surface area contributed by atoms with E-state index in [1.807, 2.05) is 22.8 Å². The third-order valence-corrected chi connectivity index (χ3v) is 5.08. The van der Waals surface area contributed by atoms with Crippen LogP contribution in [-0.4, -0.2) is 43.0 Å². The van der Waals surface area contributed by atoms with Crippen molar-refractivity contribution in [1.82, 2.24) is 29.9 Å². The smallest absolute Gasteiger partial charge is 0.244 e. The van der Waals surface area contributed by atoms with Crippen LogP contribution < -0.4 is 10.2 Å². The zero-order valence-electron chi connectivity index (χ0n) is 14.9. The lowest BCUT2D eigenvalue weighted by Crippen LogP contribution is -2.52. The molecule has 2 aromatic rings. The second-order valence-corrected chi connectivity index (χ2v) is 6.88. The highest BCUT2D eigenvalue weighted by Gasteiger charge is 2.34. The van der Waals surface area contributed by atoms with Gasteiger partial charge in [-0.1, -0.05) is 6.92 Å². The number of hydrogen-bond donors (Lipinski definition) is 1. The molecule has 0 aliphatic carbocycles. The second kappa shape index (κ2) is 6.59. The van der Waals surface area contributed by atoms with Crippen LogP contribution >= 0.6 is 0 Å². The Hall–Kier alpha value is -2.22. The third kappa shape index (κ3) is 3.06. The van der Waals surface area contributed by atoms with Gasteiger partial charge in [0.05, 0.1) is 24.0 Å². The number of fused-ring (bicyclic) bond motifs is 1. The molecule has 2 aliphatic rings. The molecule has 1 fully saturated rings. The minimum atomic E-state index is -0.174. The molecule has 8 heteroatoms. The van der Waals surface area contributed by atoms with E-state index in [1.54, 1.807) is 10.9 Å². The van der Waals surface area contributed by atoms with Crippen LogP contribution in [0.15, 0.2) is 12.4 Å². The van der Waals surface area contributed by atoms with Gasteiger partial charge in [0.2, 0.25) is 5.91 Å². The topological polar surface area (TPSA) is 80.9 Å². The summed E-state index contributed by atoms with van der Waals surface area (Å²) >= 11 is 0. The Morgan fingerprint density at radius 3 is 2.80 bits per heavy atom. The summed E-state index contributed by atoms with van der Waals surface area (Å²) < 4.78 is 3.74. The average Bonchev–Trinajstić information content (AvgIpc) is 3.23. The van der Waals surface area contributed by atoms with Crippen LogP contribution in [0.1, 0.15) is 50.3 Å². The number of nitrogens with zero attached hydrogens (tertiary/aromatic N) is 6. The molecule has 1 amide bonds. The molecule has 1 N–H and O–H groups in total. The van der Waals surface area contributed by atoms with Gasteiger partial charge in [0.15, 0.2) is 5.82 Å². The summed E-state index contributed by atoms with van der Waals surface area (Å²) in [5, 5.41) is 12.3. The van der Waals surface area contributed by atoms with Gasteiger partial charge in [0.25, 0.3) is 0 Å². The Labute approximate surface area is 147 Å². The fourth-order valence-electron chi connectivity index (χ4n) is 3.78. The molecule has 4 rings (SSSR count). The molecule has 134 valence electrons. The van der Waals surface area contributed by atoms with E-state index in [0.717, 1.165) is 62.5 Å². The molecular formula is C17H25N7O. The van der Waals surface area contributed by atoms with Crippen LogP contribution in [0.25, 0.3) is 0 Å². The van der Waals surface area contributed by atoms with Gasteiger partial charge in [-0.3, -0.25) is 14.8 Å². The molecular weight excluding hydrogens is 318 g/mol. The molecule has 0 aromatic carbocycles. The Morgan fingerprint density at radius 2 is 2.04 bits per heavy atom. The number of rotatable bonds is 4. The van der Waals surface area contributed by atoms with Crippen molar-refractivity contribution in [2.75, 3.05) is 11.4 Å². The van der Waals surface area contributed by atoms with Crippen molar-refractivity contribution in [2.45, 2.75) is 57.7 Å². The van der Waals surface area contributed by atoms with Gasteiger partial charge in [0, 0.05) is 32.8 Å². The Bertz CT molecular complexity index is 765. The zero-order chi connectivity index (χ0) is 17.4. The van der Waals surface area contributed by atoms with Crippen molar-refractivity contribution in [2.24, 2.45) is 7.05 Å². The van der Waals surface area contributed by atoms with E-state index in [4.69, 9.17) is 0 Å². The first-order valence-electron chi connectivity index (χ1n) is 9.15. The maximum Gasteiger partial charge on any atom is 0.244 e. The lowest BCUT2D eigenvalue weighted by molar-refractivity contribution is -0.122. The highest BCUT2D eigenvalue weighted by atomic mass is 16.2. The summed E-state index contributed by atoms with van der Waals surface area (Å²) in [7, 11) is 1.87. The predicted octanol–water partition coefficient (Wildman–Crippen LogP) is 1.19. The highest BCUT2D eigenvalue weighted by Crippen LogP contribution is 2.27. The van der Waals surface area contributed by atoms with Gasteiger partial charge in [-0.2, -0.15) is 10.2 Å². The fourth-order valence-corrected chi connectivity index (χ4v) is 3.78. The van der Waals surface area contributed by atoms with E-state index >= 15 is 0 Å². The number of carbonyl (C=O) groups is 1. The first-order chi connectivity index (χ1) is 12.2. The van der Waals surface area contributed by atoms with Crippen LogP contribution in [0, 0.1) is 0 Å². The summed E-state index contributed by atoms with van der Waals surface area (Å²) in [4.78, 5) is 19.5. The molecule has 0 bridgehead atoms. The molecule has 0 saturated carbocycles. The first kappa shape index (κ1) is 16.3. The van der Waals surface area contributed by atoms with Gasteiger partial charge < -0.3 is 4.90 Å². The van der Waals surface area contributed by atoms with Crippen LogP contribution in [0.5, 0.6) is 0 Å². The predicted molar refractivity (Wildman–Crippen MR) is 93.1 cm³/mol. The molecule has 8 nitrogen and oxygen atoms in total. The number of carbonyl (C=O) groups excluding carboxylic acids is 1. The van der Waals surface area contributed by atoms with E-state index in [0.29, 0.717) is 0 Å². The lowest BCUT2D eigenvalue weighted by atomic mass is 10.0.